The number of hydrogen-bond donors (Lipinski definition) is 1. The lowest BCUT2D eigenvalue weighted by atomic mass is 9.84. The van der Waals surface area contributed by atoms with E-state index >= 15 is 0 Å². The number of carboxylic acid groups (broad SMARTS) is 1. The molecule has 19 heavy (non-hydrogen) atoms. The molecule has 106 valence electrons. The number of nitrogens with zero attached hydrogens (tertiary/aromatic N) is 3. The van der Waals surface area contributed by atoms with E-state index in [-0.39, 0.29) is 5.41 Å². The maximum atomic E-state index is 11.4. The van der Waals surface area contributed by atoms with Crippen molar-refractivity contribution in [2.24, 2.45) is 5.41 Å². The summed E-state index contributed by atoms with van der Waals surface area (Å²) in [6.45, 7) is 9.47. The van der Waals surface area contributed by atoms with Crippen molar-refractivity contribution in [2.75, 3.05) is 18.0 Å². The highest BCUT2D eigenvalue weighted by molar-refractivity contribution is 7.09. The molecular weight excluding hydrogens is 262 g/mol. The largest absolute Gasteiger partial charge is 0.481 e. The molecule has 0 bridgehead atoms. The predicted octanol–water partition coefficient (Wildman–Crippen LogP) is 2.53. The van der Waals surface area contributed by atoms with Gasteiger partial charge in [-0.1, -0.05) is 27.7 Å². The van der Waals surface area contributed by atoms with Crippen molar-refractivity contribution >= 4 is 22.6 Å². The van der Waals surface area contributed by atoms with Crippen LogP contribution in [0.15, 0.2) is 0 Å². The maximum absolute atomic E-state index is 11.4. The third-order valence-electron chi connectivity index (χ3n) is 3.84. The Morgan fingerprint density at radius 3 is 2.63 bits per heavy atom. The Morgan fingerprint density at radius 2 is 2.21 bits per heavy atom. The van der Waals surface area contributed by atoms with E-state index < -0.39 is 11.4 Å². The Balaban J connectivity index is 2.17. The smallest absolute Gasteiger partial charge is 0.311 e. The van der Waals surface area contributed by atoms with Gasteiger partial charge in [0.25, 0.3) is 0 Å². The zero-order chi connectivity index (χ0) is 14.3. The molecule has 1 unspecified atom stereocenters. The summed E-state index contributed by atoms with van der Waals surface area (Å²) < 4.78 is 4.39. The molecule has 0 spiro atoms. The molecule has 1 aromatic rings. The number of rotatable bonds is 3. The average molecular weight is 283 g/mol. The fourth-order valence-corrected chi connectivity index (χ4v) is 3.18. The highest BCUT2D eigenvalue weighted by Crippen LogP contribution is 2.37. The summed E-state index contributed by atoms with van der Waals surface area (Å²) in [5.74, 6) is 0.134. The molecule has 0 radical (unpaired) electrons. The Morgan fingerprint density at radius 1 is 1.53 bits per heavy atom. The Hall–Kier alpha value is -1.17. The van der Waals surface area contributed by atoms with Gasteiger partial charge in [0.15, 0.2) is 0 Å². The normalized spacial score (nSPS) is 23.9. The Labute approximate surface area is 117 Å². The maximum Gasteiger partial charge on any atom is 0.311 e. The zero-order valence-corrected chi connectivity index (χ0v) is 12.8. The summed E-state index contributed by atoms with van der Waals surface area (Å²) in [5.41, 5.74) is -0.684. The summed E-state index contributed by atoms with van der Waals surface area (Å²) in [6, 6.07) is 0. The number of carboxylic acids is 1. The number of carbonyl (C=O) groups is 1. The molecule has 1 aromatic heterocycles. The average Bonchev–Trinajstić information content (AvgIpc) is 2.95. The quantitative estimate of drug-likeness (QED) is 0.923. The van der Waals surface area contributed by atoms with E-state index in [9.17, 15) is 9.90 Å². The molecule has 0 aromatic carbocycles. The van der Waals surface area contributed by atoms with Crippen molar-refractivity contribution in [2.45, 2.75) is 46.0 Å². The van der Waals surface area contributed by atoms with Crippen molar-refractivity contribution in [3.63, 3.8) is 0 Å². The van der Waals surface area contributed by atoms with E-state index in [1.807, 2.05) is 6.92 Å². The van der Waals surface area contributed by atoms with E-state index in [0.29, 0.717) is 19.4 Å². The highest BCUT2D eigenvalue weighted by atomic mass is 32.1. The van der Waals surface area contributed by atoms with Gasteiger partial charge < -0.3 is 10.0 Å². The second-order valence-corrected chi connectivity index (χ2v) is 6.99. The minimum absolute atomic E-state index is 0.0664. The van der Waals surface area contributed by atoms with Gasteiger partial charge in [0.05, 0.1) is 5.41 Å². The van der Waals surface area contributed by atoms with Crippen LogP contribution in [0.3, 0.4) is 0 Å². The molecule has 1 fully saturated rings. The molecule has 1 atom stereocenters. The van der Waals surface area contributed by atoms with Gasteiger partial charge in [0.1, 0.15) is 5.82 Å². The fourth-order valence-electron chi connectivity index (χ4n) is 2.30. The molecule has 0 aliphatic carbocycles. The second-order valence-electron chi connectivity index (χ2n) is 6.26. The van der Waals surface area contributed by atoms with Gasteiger partial charge in [-0.3, -0.25) is 4.79 Å². The van der Waals surface area contributed by atoms with Crippen molar-refractivity contribution in [1.82, 2.24) is 9.36 Å². The lowest BCUT2D eigenvalue weighted by Crippen LogP contribution is -2.34. The number of hydrogen-bond acceptors (Lipinski definition) is 5. The predicted molar refractivity (Wildman–Crippen MR) is 75.8 cm³/mol. The molecule has 0 amide bonds. The minimum Gasteiger partial charge on any atom is -0.481 e. The van der Waals surface area contributed by atoms with E-state index in [1.54, 1.807) is 0 Å². The molecule has 2 rings (SSSR count). The van der Waals surface area contributed by atoms with Crippen LogP contribution in [0, 0.1) is 5.41 Å². The van der Waals surface area contributed by atoms with Crippen LogP contribution in [0.2, 0.25) is 0 Å². The topological polar surface area (TPSA) is 66.3 Å². The van der Waals surface area contributed by atoms with Crippen molar-refractivity contribution < 1.29 is 9.90 Å². The van der Waals surface area contributed by atoms with Crippen molar-refractivity contribution in [1.29, 1.82) is 0 Å². The second kappa shape index (κ2) is 4.74. The lowest BCUT2D eigenvalue weighted by Gasteiger charge is -2.22. The van der Waals surface area contributed by atoms with E-state index in [1.165, 1.54) is 11.5 Å². The highest BCUT2D eigenvalue weighted by Gasteiger charge is 2.44. The molecule has 5 nitrogen and oxygen atoms in total. The van der Waals surface area contributed by atoms with Gasteiger partial charge >= 0.3 is 5.97 Å². The van der Waals surface area contributed by atoms with Gasteiger partial charge in [0, 0.05) is 30.0 Å². The first-order chi connectivity index (χ1) is 8.78. The van der Waals surface area contributed by atoms with Gasteiger partial charge in [-0.15, -0.1) is 0 Å². The first-order valence-electron chi connectivity index (χ1n) is 6.61. The van der Waals surface area contributed by atoms with Gasteiger partial charge in [-0.25, -0.2) is 4.98 Å². The van der Waals surface area contributed by atoms with Crippen LogP contribution in [0.4, 0.5) is 5.13 Å². The Kier molecular flexibility index (Phi) is 3.55. The van der Waals surface area contributed by atoms with Gasteiger partial charge in [-0.2, -0.15) is 4.37 Å². The minimum atomic E-state index is -0.696. The van der Waals surface area contributed by atoms with Crippen molar-refractivity contribution in [3.8, 4) is 0 Å². The summed E-state index contributed by atoms with van der Waals surface area (Å²) >= 11 is 1.37. The summed E-state index contributed by atoms with van der Waals surface area (Å²) in [4.78, 5) is 18.1. The first kappa shape index (κ1) is 14.2. The third-order valence-corrected chi connectivity index (χ3v) is 4.62. The Bertz CT molecular complexity index is 480. The molecule has 6 heteroatoms. The fraction of sp³-hybridized carbons (Fsp3) is 0.769. The van der Waals surface area contributed by atoms with Crippen molar-refractivity contribution in [3.05, 3.63) is 5.82 Å². The van der Waals surface area contributed by atoms with Crippen LogP contribution in [0.1, 0.15) is 46.4 Å². The lowest BCUT2D eigenvalue weighted by molar-refractivity contribution is -0.147. The third kappa shape index (κ3) is 2.59. The molecule has 1 aliphatic rings. The SMILES string of the molecule is CCC1(C(=O)O)CCN(c2nc(C(C)(C)C)ns2)C1. The number of anilines is 1. The van der Waals surface area contributed by atoms with Gasteiger partial charge in [0.2, 0.25) is 5.13 Å². The van der Waals surface area contributed by atoms with E-state index in [0.717, 1.165) is 17.5 Å². The summed E-state index contributed by atoms with van der Waals surface area (Å²) in [6.07, 6.45) is 1.34. The van der Waals surface area contributed by atoms with Crippen LogP contribution in [0.5, 0.6) is 0 Å². The van der Waals surface area contributed by atoms with E-state index in [4.69, 9.17) is 0 Å². The van der Waals surface area contributed by atoms with Crippen LogP contribution >= 0.6 is 11.5 Å². The first-order valence-corrected chi connectivity index (χ1v) is 7.38. The van der Waals surface area contributed by atoms with Crippen LogP contribution in [-0.2, 0) is 10.2 Å². The number of aliphatic carboxylic acids is 1. The molecule has 1 saturated heterocycles. The monoisotopic (exact) mass is 283 g/mol. The molecule has 0 saturated carbocycles. The summed E-state index contributed by atoms with van der Waals surface area (Å²) in [7, 11) is 0. The molecule has 1 N–H and O–H groups in total. The van der Waals surface area contributed by atoms with Crippen LogP contribution in [-0.4, -0.2) is 33.5 Å². The molecule has 1 aliphatic heterocycles. The number of aromatic nitrogens is 2. The molecule has 2 heterocycles. The molecular formula is C13H21N3O2S. The van der Waals surface area contributed by atoms with Crippen LogP contribution in [0.25, 0.3) is 0 Å². The van der Waals surface area contributed by atoms with Gasteiger partial charge in [-0.05, 0) is 12.8 Å². The standard InChI is InChI=1S/C13H21N3O2S/c1-5-13(10(17)18)6-7-16(8-13)11-14-9(15-19-11)12(2,3)4/h5-8H2,1-4H3,(H,17,18). The zero-order valence-electron chi connectivity index (χ0n) is 11.9. The van der Waals surface area contributed by atoms with Crippen LogP contribution < -0.4 is 4.90 Å². The summed E-state index contributed by atoms with van der Waals surface area (Å²) in [5, 5.41) is 10.3. The van der Waals surface area contributed by atoms with E-state index in [2.05, 4.69) is 35.0 Å².